The lowest BCUT2D eigenvalue weighted by molar-refractivity contribution is -0.122. The first-order valence-corrected chi connectivity index (χ1v) is 15.6. The number of aromatic nitrogens is 1. The van der Waals surface area contributed by atoms with E-state index in [1.807, 2.05) is 26.0 Å². The van der Waals surface area contributed by atoms with Gasteiger partial charge in [-0.15, -0.1) is 0 Å². The number of imide groups is 1. The number of nitrogens with zero attached hydrogens (tertiary/aromatic N) is 1. The summed E-state index contributed by atoms with van der Waals surface area (Å²) in [7, 11) is 1.57. The number of methoxy groups -OCH3 is 1. The third kappa shape index (κ3) is 5.58. The fourth-order valence-electron chi connectivity index (χ4n) is 5.44. The molecule has 0 radical (unpaired) electrons. The summed E-state index contributed by atoms with van der Waals surface area (Å²) < 4.78 is 16.9. The summed E-state index contributed by atoms with van der Waals surface area (Å²) in [5.41, 5.74) is 2.83. The summed E-state index contributed by atoms with van der Waals surface area (Å²) in [4.78, 5) is 57.3. The van der Waals surface area contributed by atoms with Gasteiger partial charge < -0.3 is 24.5 Å². The number of anilines is 2. The highest BCUT2D eigenvalue weighted by Gasteiger charge is 2.56. The van der Waals surface area contributed by atoms with Crippen molar-refractivity contribution in [1.29, 1.82) is 0 Å². The Balaban J connectivity index is 1.29. The van der Waals surface area contributed by atoms with Gasteiger partial charge in [0.2, 0.25) is 11.8 Å². The number of amides is 3. The highest BCUT2D eigenvalue weighted by molar-refractivity contribution is 8.00. The van der Waals surface area contributed by atoms with E-state index in [9.17, 15) is 19.2 Å². The molecular weight excluding hydrogens is 603 g/mol. The molecule has 226 valence electrons. The van der Waals surface area contributed by atoms with E-state index in [-0.39, 0.29) is 29.2 Å². The number of aryl methyl sites for hydroxylation is 1. The molecule has 1 fully saturated rings. The summed E-state index contributed by atoms with van der Waals surface area (Å²) in [6.45, 7) is 3.83. The number of benzene rings is 3. The monoisotopic (exact) mass is 631 g/mol. The maximum Gasteiger partial charge on any atom is 0.305 e. The number of carbonyl (C=O) groups is 3. The molecule has 0 unspecified atom stereocenters. The smallest absolute Gasteiger partial charge is 0.305 e. The maximum absolute atomic E-state index is 14.0. The Hall–Kier alpha value is -4.55. The van der Waals surface area contributed by atoms with Crippen LogP contribution < -0.4 is 29.3 Å². The Morgan fingerprint density at radius 3 is 2.41 bits per heavy atom. The zero-order valence-electron chi connectivity index (χ0n) is 24.1. The number of ether oxygens (including phenoxy) is 3. The van der Waals surface area contributed by atoms with Crippen molar-refractivity contribution in [3.63, 3.8) is 0 Å². The number of hydrogen-bond acceptors (Lipinski definition) is 9. The van der Waals surface area contributed by atoms with Crippen molar-refractivity contribution in [3.05, 3.63) is 92.4 Å². The lowest BCUT2D eigenvalue weighted by atomic mass is 9.83. The third-order valence-corrected chi connectivity index (χ3v) is 9.88. The minimum Gasteiger partial charge on any atom is -0.497 e. The lowest BCUT2D eigenvalue weighted by Crippen LogP contribution is -2.32. The Labute approximate surface area is 261 Å². The number of nitrogens with one attached hydrogen (secondary N) is 2. The number of hydrogen-bond donors (Lipinski definition) is 2. The second-order valence-electron chi connectivity index (χ2n) is 10.3. The number of thioether (sulfide) groups is 1. The predicted octanol–water partition coefficient (Wildman–Crippen LogP) is 4.97. The first-order valence-electron chi connectivity index (χ1n) is 13.9. The topological polar surface area (TPSA) is 127 Å². The SMILES string of the molecule is CCOc1cc([C@@H]2c3sc(=O)[nH]c3S[C@H]3C(=O)N(c4ccc(C)cc4)C(=O)[C@@H]23)ccc1OCC(=O)Nc1ccc(OC)cc1. The third-order valence-electron chi connectivity index (χ3n) is 7.48. The van der Waals surface area contributed by atoms with Crippen molar-refractivity contribution in [2.24, 2.45) is 5.92 Å². The van der Waals surface area contributed by atoms with E-state index < -0.39 is 17.1 Å². The quantitative estimate of drug-likeness (QED) is 0.248. The molecule has 1 aromatic heterocycles. The van der Waals surface area contributed by atoms with Gasteiger partial charge in [0.15, 0.2) is 18.1 Å². The van der Waals surface area contributed by atoms with Gasteiger partial charge >= 0.3 is 4.87 Å². The van der Waals surface area contributed by atoms with E-state index in [0.29, 0.717) is 50.7 Å². The summed E-state index contributed by atoms with van der Waals surface area (Å²) >= 11 is 2.27. The summed E-state index contributed by atoms with van der Waals surface area (Å²) in [6, 6.07) is 19.4. The van der Waals surface area contributed by atoms with Gasteiger partial charge in [-0.1, -0.05) is 46.9 Å². The molecule has 3 amide bonds. The Bertz CT molecular complexity index is 1780. The summed E-state index contributed by atoms with van der Waals surface area (Å²) in [6.07, 6.45) is 0. The van der Waals surface area contributed by atoms with Crippen molar-refractivity contribution in [1.82, 2.24) is 4.98 Å². The molecule has 44 heavy (non-hydrogen) atoms. The van der Waals surface area contributed by atoms with Crippen molar-refractivity contribution < 1.29 is 28.6 Å². The van der Waals surface area contributed by atoms with Crippen LogP contribution in [0, 0.1) is 12.8 Å². The molecule has 6 rings (SSSR count). The molecule has 12 heteroatoms. The lowest BCUT2D eigenvalue weighted by Gasteiger charge is -2.30. The van der Waals surface area contributed by atoms with Crippen molar-refractivity contribution >= 4 is 52.2 Å². The fourth-order valence-corrected chi connectivity index (χ4v) is 7.96. The van der Waals surface area contributed by atoms with Crippen LogP contribution in [0.25, 0.3) is 0 Å². The average molecular weight is 632 g/mol. The molecule has 1 saturated heterocycles. The average Bonchev–Trinajstić information content (AvgIpc) is 3.51. The minimum atomic E-state index is -0.732. The molecule has 2 aliphatic heterocycles. The standard InChI is InChI=1S/C32H29N3O7S2/c1-4-41-23-15-18(7-14-22(23)42-16-24(36)33-19-8-12-21(40-3)13-9-19)25-26-28(43-29-27(25)44-32(39)34-29)31(38)35(30(26)37)20-10-5-17(2)6-11-20/h5-15,25-26,28H,4,16H2,1-3H3,(H,33,36)(H,34,39)/t25-,26-,28+/m0/s1. The molecule has 0 aliphatic carbocycles. The van der Waals surface area contributed by atoms with Crippen LogP contribution in [0.4, 0.5) is 11.4 Å². The molecule has 2 aliphatic rings. The van der Waals surface area contributed by atoms with Gasteiger partial charge in [-0.2, -0.15) is 0 Å². The van der Waals surface area contributed by atoms with E-state index in [1.54, 1.807) is 61.7 Å². The molecule has 2 N–H and O–H groups in total. The number of H-pyrrole nitrogens is 1. The van der Waals surface area contributed by atoms with E-state index in [2.05, 4.69) is 10.3 Å². The van der Waals surface area contributed by atoms with Gasteiger partial charge in [-0.05, 0) is 67.9 Å². The van der Waals surface area contributed by atoms with Crippen LogP contribution in [0.15, 0.2) is 76.6 Å². The van der Waals surface area contributed by atoms with Gasteiger partial charge in [0, 0.05) is 16.5 Å². The van der Waals surface area contributed by atoms with Crippen molar-refractivity contribution in [3.8, 4) is 17.2 Å². The van der Waals surface area contributed by atoms with Gasteiger partial charge in [-0.25, -0.2) is 4.90 Å². The Morgan fingerprint density at radius 1 is 0.955 bits per heavy atom. The van der Waals surface area contributed by atoms with E-state index in [1.165, 1.54) is 16.7 Å². The molecule has 0 spiro atoms. The van der Waals surface area contributed by atoms with Crippen LogP contribution in [0.5, 0.6) is 17.2 Å². The minimum absolute atomic E-state index is 0.254. The zero-order valence-corrected chi connectivity index (χ0v) is 25.8. The molecule has 3 atom stereocenters. The molecular formula is C32H29N3O7S2. The molecule has 0 saturated carbocycles. The number of thiazole rings is 1. The maximum atomic E-state index is 14.0. The molecule has 3 heterocycles. The number of carbonyl (C=O) groups excluding carboxylic acids is 3. The fraction of sp³-hybridized carbons (Fsp3) is 0.250. The molecule has 4 aromatic rings. The number of fused-ring (bicyclic) bond motifs is 2. The van der Waals surface area contributed by atoms with E-state index in [0.717, 1.165) is 16.9 Å². The van der Waals surface area contributed by atoms with E-state index >= 15 is 0 Å². The van der Waals surface area contributed by atoms with Crippen LogP contribution in [0.3, 0.4) is 0 Å². The van der Waals surface area contributed by atoms with Crippen LogP contribution in [-0.2, 0) is 14.4 Å². The summed E-state index contributed by atoms with van der Waals surface area (Å²) in [5.74, 6) is -0.891. The highest BCUT2D eigenvalue weighted by Crippen LogP contribution is 2.53. The van der Waals surface area contributed by atoms with Crippen LogP contribution in [0.1, 0.15) is 28.8 Å². The van der Waals surface area contributed by atoms with Crippen LogP contribution in [0.2, 0.25) is 0 Å². The second kappa shape index (κ2) is 12.2. The number of aromatic amines is 1. The summed E-state index contributed by atoms with van der Waals surface area (Å²) in [5, 5.41) is 2.66. The number of rotatable bonds is 9. The zero-order chi connectivity index (χ0) is 31.0. The Kier molecular flexibility index (Phi) is 8.19. The van der Waals surface area contributed by atoms with Crippen LogP contribution >= 0.6 is 23.1 Å². The first kappa shape index (κ1) is 29.5. The first-order chi connectivity index (χ1) is 21.3. The normalized spacial score (nSPS) is 18.9. The van der Waals surface area contributed by atoms with Crippen molar-refractivity contribution in [2.45, 2.75) is 30.0 Å². The largest absolute Gasteiger partial charge is 0.497 e. The predicted molar refractivity (Wildman–Crippen MR) is 168 cm³/mol. The second-order valence-corrected chi connectivity index (χ2v) is 12.5. The van der Waals surface area contributed by atoms with Gasteiger partial charge in [-0.3, -0.25) is 19.2 Å². The van der Waals surface area contributed by atoms with Gasteiger partial charge in [0.25, 0.3) is 5.91 Å². The van der Waals surface area contributed by atoms with Crippen LogP contribution in [-0.4, -0.2) is 48.3 Å². The molecule has 10 nitrogen and oxygen atoms in total. The highest BCUT2D eigenvalue weighted by atomic mass is 32.2. The molecule has 0 bridgehead atoms. The Morgan fingerprint density at radius 2 is 1.70 bits per heavy atom. The van der Waals surface area contributed by atoms with Gasteiger partial charge in [0.05, 0.1) is 30.3 Å². The van der Waals surface area contributed by atoms with Gasteiger partial charge in [0.1, 0.15) is 11.0 Å². The van der Waals surface area contributed by atoms with E-state index in [4.69, 9.17) is 14.2 Å². The molecule has 3 aromatic carbocycles. The van der Waals surface area contributed by atoms with Crippen molar-refractivity contribution in [2.75, 3.05) is 30.5 Å².